The fraction of sp³-hybridized carbons (Fsp3) is 0. The number of nitrogens with two attached hydrogens (primary N) is 1. The number of anilines is 1. The molecule has 3 N–H and O–H groups in total. The normalized spacial score (nSPS) is 9.87. The summed E-state index contributed by atoms with van der Waals surface area (Å²) in [5.41, 5.74) is 6.29. The monoisotopic (exact) mass is 203 g/mol. The number of primary amides is 1. The maximum absolute atomic E-state index is 10.8. The predicted molar refractivity (Wildman–Crippen MR) is 54.6 cm³/mol. The van der Waals surface area contributed by atoms with E-state index in [-0.39, 0.29) is 0 Å². The minimum absolute atomic E-state index is 0.571. The van der Waals surface area contributed by atoms with Gasteiger partial charge in [0.15, 0.2) is 0 Å². The summed E-state index contributed by atoms with van der Waals surface area (Å²) in [4.78, 5) is 12.2. The van der Waals surface area contributed by atoms with E-state index in [2.05, 4.69) is 15.5 Å². The van der Waals surface area contributed by atoms with E-state index in [1.807, 2.05) is 6.07 Å². The number of para-hydroxylation sites is 2. The Morgan fingerprint density at radius 3 is 2.60 bits per heavy atom. The van der Waals surface area contributed by atoms with Crippen LogP contribution in [0.2, 0.25) is 0 Å². The molecule has 0 saturated heterocycles. The summed E-state index contributed by atoms with van der Waals surface area (Å²) >= 11 is 0. The highest BCUT2D eigenvalue weighted by molar-refractivity contribution is 5.90. The van der Waals surface area contributed by atoms with Crippen LogP contribution in [0.15, 0.2) is 36.7 Å². The van der Waals surface area contributed by atoms with E-state index in [9.17, 15) is 4.79 Å². The van der Waals surface area contributed by atoms with E-state index in [0.29, 0.717) is 11.4 Å². The molecule has 2 rings (SSSR count). The third-order valence-corrected chi connectivity index (χ3v) is 1.80. The topological polar surface area (TPSA) is 85.8 Å². The molecule has 0 radical (unpaired) electrons. The minimum atomic E-state index is -0.616. The Kier molecular flexibility index (Phi) is 2.32. The van der Waals surface area contributed by atoms with Crippen LogP contribution in [0, 0.1) is 0 Å². The Hall–Kier alpha value is -2.37. The molecule has 0 aliphatic rings. The summed E-state index contributed by atoms with van der Waals surface area (Å²) in [6, 6.07) is 6.51. The molecular weight excluding hydrogens is 194 g/mol. The van der Waals surface area contributed by atoms with E-state index in [1.54, 1.807) is 30.6 Å². The molecule has 0 fully saturated rings. The van der Waals surface area contributed by atoms with Gasteiger partial charge in [-0.05, 0) is 12.1 Å². The number of nitrogens with zero attached hydrogens (tertiary/aromatic N) is 3. The van der Waals surface area contributed by atoms with Gasteiger partial charge >= 0.3 is 6.03 Å². The SMILES string of the molecule is NC(=O)Nc1ccccc1-n1nccn1. The summed E-state index contributed by atoms with van der Waals surface area (Å²) < 4.78 is 0. The number of carbonyl (C=O) groups is 1. The van der Waals surface area contributed by atoms with Crippen molar-refractivity contribution in [2.45, 2.75) is 0 Å². The molecule has 0 spiro atoms. The molecule has 0 bridgehead atoms. The smallest absolute Gasteiger partial charge is 0.316 e. The second-order valence-electron chi connectivity index (χ2n) is 2.82. The zero-order valence-electron chi connectivity index (χ0n) is 7.79. The first-order chi connectivity index (χ1) is 7.27. The van der Waals surface area contributed by atoms with Crippen molar-refractivity contribution in [3.8, 4) is 5.69 Å². The number of aromatic nitrogens is 3. The summed E-state index contributed by atoms with van der Waals surface area (Å²) in [7, 11) is 0. The van der Waals surface area contributed by atoms with Crippen molar-refractivity contribution in [1.82, 2.24) is 15.0 Å². The maximum atomic E-state index is 10.8. The van der Waals surface area contributed by atoms with Crippen LogP contribution < -0.4 is 11.1 Å². The Labute approximate surface area is 85.7 Å². The average Bonchev–Trinajstić information content (AvgIpc) is 2.70. The van der Waals surface area contributed by atoms with E-state index in [1.165, 1.54) is 4.80 Å². The van der Waals surface area contributed by atoms with Crippen molar-refractivity contribution in [2.24, 2.45) is 5.73 Å². The lowest BCUT2D eigenvalue weighted by atomic mass is 10.3. The molecule has 15 heavy (non-hydrogen) atoms. The van der Waals surface area contributed by atoms with Gasteiger partial charge in [0.25, 0.3) is 0 Å². The number of nitrogens with one attached hydrogen (secondary N) is 1. The molecule has 2 aromatic rings. The van der Waals surface area contributed by atoms with E-state index in [4.69, 9.17) is 5.73 Å². The minimum Gasteiger partial charge on any atom is -0.351 e. The number of carbonyl (C=O) groups excluding carboxylic acids is 1. The van der Waals surface area contributed by atoms with Gasteiger partial charge in [-0.2, -0.15) is 10.2 Å². The van der Waals surface area contributed by atoms with Crippen molar-refractivity contribution in [3.63, 3.8) is 0 Å². The molecule has 76 valence electrons. The lowest BCUT2D eigenvalue weighted by Gasteiger charge is -2.07. The number of hydrogen-bond acceptors (Lipinski definition) is 3. The second kappa shape index (κ2) is 3.79. The summed E-state index contributed by atoms with van der Waals surface area (Å²) in [5, 5.41) is 10.4. The van der Waals surface area contributed by atoms with Crippen molar-refractivity contribution < 1.29 is 4.79 Å². The fourth-order valence-corrected chi connectivity index (χ4v) is 1.23. The van der Waals surface area contributed by atoms with Gasteiger partial charge in [0.2, 0.25) is 0 Å². The third-order valence-electron chi connectivity index (χ3n) is 1.80. The van der Waals surface area contributed by atoms with Crippen molar-refractivity contribution in [1.29, 1.82) is 0 Å². The highest BCUT2D eigenvalue weighted by Gasteiger charge is 2.05. The van der Waals surface area contributed by atoms with Gasteiger partial charge in [-0.25, -0.2) is 4.79 Å². The zero-order chi connectivity index (χ0) is 10.7. The largest absolute Gasteiger partial charge is 0.351 e. The standard InChI is InChI=1S/C9H9N5O/c10-9(15)13-7-3-1-2-4-8(7)14-11-5-6-12-14/h1-6H,(H3,10,13,15). The van der Waals surface area contributed by atoms with Crippen molar-refractivity contribution >= 4 is 11.7 Å². The average molecular weight is 203 g/mol. The van der Waals surface area contributed by atoms with Gasteiger partial charge in [-0.3, -0.25) is 0 Å². The lowest BCUT2D eigenvalue weighted by Crippen LogP contribution is -2.20. The number of rotatable bonds is 2. The zero-order valence-corrected chi connectivity index (χ0v) is 7.79. The van der Waals surface area contributed by atoms with Crippen molar-refractivity contribution in [2.75, 3.05) is 5.32 Å². The van der Waals surface area contributed by atoms with Gasteiger partial charge in [-0.1, -0.05) is 12.1 Å². The van der Waals surface area contributed by atoms with Gasteiger partial charge < -0.3 is 11.1 Å². The first-order valence-corrected chi connectivity index (χ1v) is 4.29. The molecule has 1 aromatic carbocycles. The maximum Gasteiger partial charge on any atom is 0.316 e. The number of benzene rings is 1. The molecule has 0 saturated carbocycles. The third kappa shape index (κ3) is 1.93. The van der Waals surface area contributed by atoms with Crippen LogP contribution in [0.25, 0.3) is 5.69 Å². The summed E-state index contributed by atoms with van der Waals surface area (Å²) in [6.07, 6.45) is 3.11. The Balaban J connectivity index is 2.42. The first-order valence-electron chi connectivity index (χ1n) is 4.29. The molecule has 0 unspecified atom stereocenters. The molecule has 0 atom stereocenters. The molecule has 1 heterocycles. The fourth-order valence-electron chi connectivity index (χ4n) is 1.23. The number of urea groups is 1. The van der Waals surface area contributed by atoms with Gasteiger partial charge in [0.05, 0.1) is 18.1 Å². The van der Waals surface area contributed by atoms with E-state index >= 15 is 0 Å². The Morgan fingerprint density at radius 1 is 1.27 bits per heavy atom. The van der Waals surface area contributed by atoms with Crippen LogP contribution in [0.4, 0.5) is 10.5 Å². The van der Waals surface area contributed by atoms with Crippen LogP contribution in [-0.2, 0) is 0 Å². The quantitative estimate of drug-likeness (QED) is 0.755. The highest BCUT2D eigenvalue weighted by atomic mass is 16.2. The predicted octanol–water partition coefficient (Wildman–Crippen LogP) is 0.758. The highest BCUT2D eigenvalue weighted by Crippen LogP contribution is 2.17. The Morgan fingerprint density at radius 2 is 1.93 bits per heavy atom. The lowest BCUT2D eigenvalue weighted by molar-refractivity contribution is 0.259. The number of amides is 2. The van der Waals surface area contributed by atoms with Crippen LogP contribution >= 0.6 is 0 Å². The molecular formula is C9H9N5O. The molecule has 6 heteroatoms. The Bertz CT molecular complexity index is 465. The number of hydrogen-bond donors (Lipinski definition) is 2. The molecule has 2 amide bonds. The van der Waals surface area contributed by atoms with Crippen LogP contribution in [0.1, 0.15) is 0 Å². The molecule has 6 nitrogen and oxygen atoms in total. The van der Waals surface area contributed by atoms with Gasteiger partial charge in [0.1, 0.15) is 5.69 Å². The van der Waals surface area contributed by atoms with Gasteiger partial charge in [-0.15, -0.1) is 4.80 Å². The first kappa shape index (κ1) is 9.20. The molecule has 0 aliphatic heterocycles. The van der Waals surface area contributed by atoms with Gasteiger partial charge in [0, 0.05) is 0 Å². The van der Waals surface area contributed by atoms with Crippen LogP contribution in [-0.4, -0.2) is 21.0 Å². The molecule has 1 aromatic heterocycles. The van der Waals surface area contributed by atoms with Crippen molar-refractivity contribution in [3.05, 3.63) is 36.7 Å². The van der Waals surface area contributed by atoms with Crippen LogP contribution in [0.3, 0.4) is 0 Å². The summed E-state index contributed by atoms with van der Waals surface area (Å²) in [5.74, 6) is 0. The van der Waals surface area contributed by atoms with E-state index in [0.717, 1.165) is 0 Å². The summed E-state index contributed by atoms with van der Waals surface area (Å²) in [6.45, 7) is 0. The molecule has 0 aliphatic carbocycles. The second-order valence-corrected chi connectivity index (χ2v) is 2.82. The van der Waals surface area contributed by atoms with E-state index < -0.39 is 6.03 Å². The van der Waals surface area contributed by atoms with Crippen LogP contribution in [0.5, 0.6) is 0 Å².